The number of para-hydroxylation sites is 1. The maximum Gasteiger partial charge on any atom is 0.387 e. The third kappa shape index (κ3) is 6.08. The van der Waals surface area contributed by atoms with Gasteiger partial charge in [0.05, 0.1) is 5.52 Å². The number of nitrogens with one attached hydrogen (secondary N) is 2. The number of benzene rings is 2. The minimum absolute atomic E-state index is 0.0989. The average Bonchev–Trinajstić information content (AvgIpc) is 3.47. The van der Waals surface area contributed by atoms with Gasteiger partial charge in [-0.1, -0.05) is 31.0 Å². The Morgan fingerprint density at radius 2 is 1.89 bits per heavy atom. The fourth-order valence-electron chi connectivity index (χ4n) is 2.54. The third-order valence-corrected chi connectivity index (χ3v) is 4.25. The smallest absolute Gasteiger partial charge is 0.387 e. The first-order valence-corrected chi connectivity index (χ1v) is 9.13. The van der Waals surface area contributed by atoms with E-state index in [1.165, 1.54) is 25.0 Å². The van der Waals surface area contributed by atoms with Crippen LogP contribution >= 0.6 is 12.8 Å². The SMILES string of the molecule is FC(F)Oc1ccc2c(Nc3ccccc3)ccnc2c1.SNCC1CC1. The molecule has 1 aliphatic carbocycles. The number of ether oxygens (including phenoxy) is 1. The van der Waals surface area contributed by atoms with Crippen LogP contribution < -0.4 is 14.8 Å². The molecule has 0 unspecified atom stereocenters. The van der Waals surface area contributed by atoms with Crippen LogP contribution in [0.25, 0.3) is 10.9 Å². The van der Waals surface area contributed by atoms with Crippen LogP contribution in [0.4, 0.5) is 20.2 Å². The normalized spacial score (nSPS) is 13.2. The molecule has 1 saturated carbocycles. The molecule has 0 spiro atoms. The van der Waals surface area contributed by atoms with E-state index in [2.05, 4.69) is 32.6 Å². The molecule has 3 aromatic rings. The molecule has 27 heavy (non-hydrogen) atoms. The van der Waals surface area contributed by atoms with Gasteiger partial charge in [-0.2, -0.15) is 8.78 Å². The lowest BCUT2D eigenvalue weighted by molar-refractivity contribution is -0.0497. The van der Waals surface area contributed by atoms with Crippen molar-refractivity contribution < 1.29 is 13.5 Å². The van der Waals surface area contributed by atoms with Crippen molar-refractivity contribution in [3.63, 3.8) is 0 Å². The number of nitrogens with zero attached hydrogens (tertiary/aromatic N) is 1. The van der Waals surface area contributed by atoms with Gasteiger partial charge in [-0.15, -0.1) is 0 Å². The fourth-order valence-corrected chi connectivity index (χ4v) is 2.80. The van der Waals surface area contributed by atoms with Gasteiger partial charge in [0, 0.05) is 35.6 Å². The monoisotopic (exact) mass is 389 g/mol. The first-order valence-electron chi connectivity index (χ1n) is 8.68. The highest BCUT2D eigenvalue weighted by atomic mass is 32.1. The van der Waals surface area contributed by atoms with Crippen molar-refractivity contribution in [2.24, 2.45) is 5.92 Å². The van der Waals surface area contributed by atoms with Crippen molar-refractivity contribution in [1.82, 2.24) is 9.71 Å². The van der Waals surface area contributed by atoms with E-state index in [0.717, 1.165) is 29.2 Å². The highest BCUT2D eigenvalue weighted by Crippen LogP contribution is 2.28. The van der Waals surface area contributed by atoms with Gasteiger partial charge >= 0.3 is 6.61 Å². The summed E-state index contributed by atoms with van der Waals surface area (Å²) < 4.78 is 31.7. The van der Waals surface area contributed by atoms with Crippen LogP contribution in [0.2, 0.25) is 0 Å². The summed E-state index contributed by atoms with van der Waals surface area (Å²) in [5, 5.41) is 4.11. The topological polar surface area (TPSA) is 46.2 Å². The Bertz CT molecular complexity index is 860. The minimum Gasteiger partial charge on any atom is -0.435 e. The molecule has 0 atom stereocenters. The molecule has 1 fully saturated rings. The largest absolute Gasteiger partial charge is 0.435 e. The van der Waals surface area contributed by atoms with Gasteiger partial charge in [-0.3, -0.25) is 9.71 Å². The Morgan fingerprint density at radius 3 is 2.52 bits per heavy atom. The summed E-state index contributed by atoms with van der Waals surface area (Å²) in [6, 6.07) is 16.2. The van der Waals surface area contributed by atoms with Crippen molar-refractivity contribution in [1.29, 1.82) is 0 Å². The number of alkyl halides is 2. The Morgan fingerprint density at radius 1 is 1.11 bits per heavy atom. The number of halogens is 2. The van der Waals surface area contributed by atoms with Crippen LogP contribution in [0.3, 0.4) is 0 Å². The van der Waals surface area contributed by atoms with Gasteiger partial charge in [0.1, 0.15) is 5.75 Å². The van der Waals surface area contributed by atoms with Crippen LogP contribution in [0, 0.1) is 5.92 Å². The van der Waals surface area contributed by atoms with E-state index in [1.54, 1.807) is 12.3 Å². The second-order valence-electron chi connectivity index (χ2n) is 6.21. The van der Waals surface area contributed by atoms with Crippen molar-refractivity contribution in [3.05, 3.63) is 60.8 Å². The first-order chi connectivity index (χ1) is 13.2. The lowest BCUT2D eigenvalue weighted by atomic mass is 10.1. The van der Waals surface area contributed by atoms with Crippen LogP contribution in [0.5, 0.6) is 5.75 Å². The molecule has 1 aliphatic rings. The number of hydrogen-bond donors (Lipinski definition) is 3. The third-order valence-electron chi connectivity index (χ3n) is 4.07. The standard InChI is InChI=1S/C16H12F2N2O.C4H9NS/c17-16(18)21-12-6-7-13-14(8-9-19-15(13)10-12)20-11-4-2-1-3-5-11;6-5-3-4-1-2-4/h1-10,16H,(H,19,20);4-6H,1-3H2. The van der Waals surface area contributed by atoms with E-state index in [4.69, 9.17) is 0 Å². The van der Waals surface area contributed by atoms with Gasteiger partial charge in [0.2, 0.25) is 0 Å². The molecule has 1 heterocycles. The van der Waals surface area contributed by atoms with Gasteiger partial charge < -0.3 is 10.1 Å². The molecule has 7 heteroatoms. The van der Waals surface area contributed by atoms with Gasteiger partial charge in [-0.25, -0.2) is 0 Å². The summed E-state index contributed by atoms with van der Waals surface area (Å²) in [7, 11) is 0. The second-order valence-corrected chi connectivity index (χ2v) is 6.53. The van der Waals surface area contributed by atoms with E-state index < -0.39 is 6.61 Å². The van der Waals surface area contributed by atoms with Crippen molar-refractivity contribution in [3.8, 4) is 5.75 Å². The highest BCUT2D eigenvalue weighted by Gasteiger charge is 2.19. The lowest BCUT2D eigenvalue weighted by Crippen LogP contribution is -2.01. The first kappa shape index (κ1) is 19.4. The zero-order chi connectivity index (χ0) is 19.1. The number of fused-ring (bicyclic) bond motifs is 1. The van der Waals surface area contributed by atoms with Crippen LogP contribution in [-0.4, -0.2) is 18.1 Å². The molecule has 0 saturated heterocycles. The number of anilines is 2. The Labute approximate surface area is 162 Å². The molecule has 0 aliphatic heterocycles. The minimum atomic E-state index is -2.84. The predicted octanol–water partition coefficient (Wildman–Crippen LogP) is 5.41. The van der Waals surface area contributed by atoms with E-state index in [0.29, 0.717) is 5.52 Å². The van der Waals surface area contributed by atoms with E-state index in [9.17, 15) is 8.78 Å². The summed E-state index contributed by atoms with van der Waals surface area (Å²) in [6.07, 6.45) is 4.45. The molecule has 142 valence electrons. The van der Waals surface area contributed by atoms with Crippen LogP contribution in [-0.2, 0) is 0 Å². The number of pyridine rings is 1. The summed E-state index contributed by atoms with van der Waals surface area (Å²) in [5.41, 5.74) is 2.39. The fraction of sp³-hybridized carbons (Fsp3) is 0.250. The van der Waals surface area contributed by atoms with Crippen molar-refractivity contribution in [2.45, 2.75) is 19.5 Å². The van der Waals surface area contributed by atoms with E-state index in [1.807, 2.05) is 36.4 Å². The highest BCUT2D eigenvalue weighted by molar-refractivity contribution is 7.78. The molecule has 2 N–H and O–H groups in total. The molecule has 0 amide bonds. The molecule has 0 radical (unpaired) electrons. The Hall–Kier alpha value is -2.38. The molecule has 1 aromatic heterocycles. The maximum absolute atomic E-state index is 12.2. The summed E-state index contributed by atoms with van der Waals surface area (Å²) >= 11 is 3.85. The quantitative estimate of drug-likeness (QED) is 0.493. The zero-order valence-corrected chi connectivity index (χ0v) is 15.5. The Balaban J connectivity index is 0.000000299. The average molecular weight is 389 g/mol. The van der Waals surface area contributed by atoms with E-state index >= 15 is 0 Å². The second kappa shape index (κ2) is 9.53. The molecule has 4 rings (SSSR count). The summed E-state index contributed by atoms with van der Waals surface area (Å²) in [4.78, 5) is 4.19. The number of thiol groups is 1. The number of hydrogen-bond acceptors (Lipinski definition) is 5. The zero-order valence-electron chi connectivity index (χ0n) is 14.6. The molecular weight excluding hydrogens is 368 g/mol. The van der Waals surface area contributed by atoms with E-state index in [-0.39, 0.29) is 5.75 Å². The summed E-state index contributed by atoms with van der Waals surface area (Å²) in [5.74, 6) is 1.06. The summed E-state index contributed by atoms with van der Waals surface area (Å²) in [6.45, 7) is -1.74. The Kier molecular flexibility index (Phi) is 6.84. The number of aromatic nitrogens is 1. The molecule has 4 nitrogen and oxygen atoms in total. The number of rotatable bonds is 6. The van der Waals surface area contributed by atoms with Gasteiger partial charge in [0.25, 0.3) is 0 Å². The van der Waals surface area contributed by atoms with Gasteiger partial charge in [0.15, 0.2) is 0 Å². The maximum atomic E-state index is 12.2. The molecule has 0 bridgehead atoms. The van der Waals surface area contributed by atoms with Crippen molar-refractivity contribution in [2.75, 3.05) is 11.9 Å². The molecular formula is C20H21F2N3OS. The van der Waals surface area contributed by atoms with Crippen LogP contribution in [0.1, 0.15) is 12.8 Å². The van der Waals surface area contributed by atoms with Crippen LogP contribution in [0.15, 0.2) is 60.8 Å². The lowest BCUT2D eigenvalue weighted by Gasteiger charge is -2.10. The van der Waals surface area contributed by atoms with Gasteiger partial charge in [-0.05, 0) is 49.1 Å². The van der Waals surface area contributed by atoms with Crippen molar-refractivity contribution >= 4 is 35.1 Å². The molecule has 2 aromatic carbocycles. The predicted molar refractivity (Wildman–Crippen MR) is 108 cm³/mol.